The minimum absolute atomic E-state index is 0.0615. The van der Waals surface area contributed by atoms with Gasteiger partial charge in [-0.15, -0.1) is 0 Å². The number of hydrogen-bond donors (Lipinski definition) is 2. The number of alkyl halides is 3. The molecule has 0 aromatic heterocycles. The Morgan fingerprint density at radius 3 is 2.54 bits per heavy atom. The third-order valence-corrected chi connectivity index (χ3v) is 7.41. The SMILES string of the molecule is O=C(O)COc1cccc2c1CCCC2NS(=O)(=O)c1ccc(Oc2cccc(Cl)c2)c(C(F)(F)F)c1. The van der Waals surface area contributed by atoms with Crippen molar-refractivity contribution in [2.75, 3.05) is 6.61 Å². The van der Waals surface area contributed by atoms with Crippen LogP contribution in [-0.2, 0) is 27.4 Å². The highest BCUT2D eigenvalue weighted by Crippen LogP contribution is 2.41. The van der Waals surface area contributed by atoms with E-state index < -0.39 is 51.0 Å². The number of rotatable bonds is 8. The van der Waals surface area contributed by atoms with Gasteiger partial charge in [0.15, 0.2) is 6.61 Å². The van der Waals surface area contributed by atoms with Crippen LogP contribution in [0.3, 0.4) is 0 Å². The van der Waals surface area contributed by atoms with Gasteiger partial charge in [-0.2, -0.15) is 13.2 Å². The van der Waals surface area contributed by atoms with Crippen LogP contribution in [-0.4, -0.2) is 26.1 Å². The second kappa shape index (κ2) is 10.6. The second-order valence-corrected chi connectivity index (χ2v) is 10.4. The molecule has 196 valence electrons. The molecule has 7 nitrogen and oxygen atoms in total. The maximum absolute atomic E-state index is 13.9. The number of carbonyl (C=O) groups is 1. The van der Waals surface area contributed by atoms with Crippen molar-refractivity contribution < 1.29 is 41.0 Å². The smallest absolute Gasteiger partial charge is 0.420 e. The molecule has 1 aliphatic rings. The van der Waals surface area contributed by atoms with Crippen LogP contribution in [0.5, 0.6) is 17.2 Å². The number of hydrogen-bond acceptors (Lipinski definition) is 5. The molecule has 3 aromatic rings. The highest BCUT2D eigenvalue weighted by atomic mass is 35.5. The lowest BCUT2D eigenvalue weighted by Gasteiger charge is -2.28. The van der Waals surface area contributed by atoms with Crippen LogP contribution in [0.4, 0.5) is 13.2 Å². The first kappa shape index (κ1) is 26.8. The van der Waals surface area contributed by atoms with Gasteiger partial charge in [-0.1, -0.05) is 29.8 Å². The molecule has 0 saturated carbocycles. The Bertz CT molecular complexity index is 1430. The van der Waals surface area contributed by atoms with Gasteiger partial charge in [-0.05, 0) is 72.9 Å². The maximum Gasteiger partial charge on any atom is 0.420 e. The van der Waals surface area contributed by atoms with Crippen molar-refractivity contribution in [1.29, 1.82) is 0 Å². The van der Waals surface area contributed by atoms with E-state index in [1.165, 1.54) is 24.3 Å². The number of aliphatic carboxylic acids is 1. The molecule has 1 aliphatic carbocycles. The standard InChI is InChI=1S/C25H21ClF3NO6S/c26-15-4-1-5-16(12-15)36-23-11-10-17(13-20(23)25(27,28)29)37(33,34)30-21-8-2-7-19-18(21)6-3-9-22(19)35-14-24(31)32/h1,3-6,9-13,21,30H,2,7-8,14H2,(H,31,32). The number of sulfonamides is 1. The summed E-state index contributed by atoms with van der Waals surface area (Å²) in [6, 6.07) is 12.4. The summed E-state index contributed by atoms with van der Waals surface area (Å²) in [5.41, 5.74) is -0.0256. The summed E-state index contributed by atoms with van der Waals surface area (Å²) >= 11 is 5.87. The van der Waals surface area contributed by atoms with Gasteiger partial charge >= 0.3 is 12.1 Å². The number of halogens is 4. The Hall–Kier alpha value is -3.28. The minimum Gasteiger partial charge on any atom is -0.482 e. The molecule has 1 unspecified atom stereocenters. The summed E-state index contributed by atoms with van der Waals surface area (Å²) in [5, 5.41) is 9.15. The van der Waals surface area contributed by atoms with Crippen molar-refractivity contribution in [3.63, 3.8) is 0 Å². The third kappa shape index (κ3) is 6.35. The zero-order chi connectivity index (χ0) is 26.8. The van der Waals surface area contributed by atoms with Crippen molar-refractivity contribution in [3.8, 4) is 17.2 Å². The number of carboxylic acid groups (broad SMARTS) is 1. The maximum atomic E-state index is 13.9. The van der Waals surface area contributed by atoms with E-state index in [9.17, 15) is 26.4 Å². The van der Waals surface area contributed by atoms with Gasteiger partial charge in [0.2, 0.25) is 10.0 Å². The average Bonchev–Trinajstić information content (AvgIpc) is 2.82. The predicted molar refractivity (Wildman–Crippen MR) is 129 cm³/mol. The topological polar surface area (TPSA) is 102 Å². The number of ether oxygens (including phenoxy) is 2. The summed E-state index contributed by atoms with van der Waals surface area (Å²) < 4.78 is 81.0. The minimum atomic E-state index is -4.90. The van der Waals surface area contributed by atoms with Crippen LogP contribution in [0.25, 0.3) is 0 Å². The molecule has 0 aliphatic heterocycles. The summed E-state index contributed by atoms with van der Waals surface area (Å²) in [5.74, 6) is -1.34. The summed E-state index contributed by atoms with van der Waals surface area (Å²) in [4.78, 5) is 10.3. The van der Waals surface area contributed by atoms with Gasteiger partial charge in [0, 0.05) is 11.1 Å². The number of carboxylic acids is 1. The molecule has 4 rings (SSSR count). The van der Waals surface area contributed by atoms with E-state index in [1.807, 2.05) is 0 Å². The molecule has 0 bridgehead atoms. The first-order valence-electron chi connectivity index (χ1n) is 11.1. The third-order valence-electron chi connectivity index (χ3n) is 5.70. The molecule has 0 amide bonds. The van der Waals surface area contributed by atoms with Crippen LogP contribution < -0.4 is 14.2 Å². The van der Waals surface area contributed by atoms with Crippen LogP contribution in [0.15, 0.2) is 65.6 Å². The quantitative estimate of drug-likeness (QED) is 0.355. The normalized spacial score (nSPS) is 15.6. The molecule has 0 spiro atoms. The fourth-order valence-electron chi connectivity index (χ4n) is 4.11. The Labute approximate surface area is 215 Å². The molecule has 3 aromatic carbocycles. The Morgan fingerprint density at radius 2 is 1.84 bits per heavy atom. The van der Waals surface area contributed by atoms with Crippen molar-refractivity contribution >= 4 is 27.6 Å². The average molecular weight is 556 g/mol. The van der Waals surface area contributed by atoms with E-state index in [0.29, 0.717) is 42.2 Å². The fourth-order valence-corrected chi connectivity index (χ4v) is 5.57. The zero-order valence-corrected chi connectivity index (χ0v) is 20.7. The fraction of sp³-hybridized carbons (Fsp3) is 0.240. The molecular weight excluding hydrogens is 535 g/mol. The van der Waals surface area contributed by atoms with Crippen molar-refractivity contribution in [1.82, 2.24) is 4.72 Å². The van der Waals surface area contributed by atoms with E-state index in [2.05, 4.69) is 4.72 Å². The van der Waals surface area contributed by atoms with E-state index in [-0.39, 0.29) is 10.8 Å². The van der Waals surface area contributed by atoms with Crippen molar-refractivity contribution in [2.45, 2.75) is 36.4 Å². The largest absolute Gasteiger partial charge is 0.482 e. The lowest BCUT2D eigenvalue weighted by molar-refractivity contribution is -0.140. The molecular formula is C25H21ClF3NO6S. The monoisotopic (exact) mass is 555 g/mol. The second-order valence-electron chi connectivity index (χ2n) is 8.29. The first-order chi connectivity index (χ1) is 17.4. The highest BCUT2D eigenvalue weighted by molar-refractivity contribution is 7.89. The van der Waals surface area contributed by atoms with Gasteiger partial charge in [0.05, 0.1) is 10.5 Å². The lowest BCUT2D eigenvalue weighted by Crippen LogP contribution is -2.31. The molecule has 37 heavy (non-hydrogen) atoms. The molecule has 2 N–H and O–H groups in total. The zero-order valence-electron chi connectivity index (χ0n) is 19.1. The van der Waals surface area contributed by atoms with Crippen molar-refractivity contribution in [2.24, 2.45) is 0 Å². The van der Waals surface area contributed by atoms with Crippen LogP contribution >= 0.6 is 11.6 Å². The molecule has 0 fully saturated rings. The number of benzene rings is 3. The van der Waals surface area contributed by atoms with Crippen LogP contribution in [0.1, 0.15) is 35.6 Å². The Morgan fingerprint density at radius 1 is 1.08 bits per heavy atom. The lowest BCUT2D eigenvalue weighted by atomic mass is 9.87. The van der Waals surface area contributed by atoms with Gasteiger partial charge in [0.25, 0.3) is 0 Å². The molecule has 0 radical (unpaired) electrons. The van der Waals surface area contributed by atoms with E-state index >= 15 is 0 Å². The number of fused-ring (bicyclic) bond motifs is 1. The summed E-state index contributed by atoms with van der Waals surface area (Å²) in [6.07, 6.45) is -3.39. The van der Waals surface area contributed by atoms with Crippen LogP contribution in [0.2, 0.25) is 5.02 Å². The van der Waals surface area contributed by atoms with Gasteiger partial charge < -0.3 is 14.6 Å². The van der Waals surface area contributed by atoms with E-state index in [0.717, 1.165) is 12.1 Å². The molecule has 1 atom stereocenters. The Balaban J connectivity index is 1.63. The van der Waals surface area contributed by atoms with E-state index in [4.69, 9.17) is 26.2 Å². The van der Waals surface area contributed by atoms with Crippen LogP contribution in [0, 0.1) is 0 Å². The van der Waals surface area contributed by atoms with Gasteiger partial charge in [-0.3, -0.25) is 0 Å². The molecule has 12 heteroatoms. The molecule has 0 heterocycles. The predicted octanol–water partition coefficient (Wildman–Crippen LogP) is 5.97. The van der Waals surface area contributed by atoms with Crippen molar-refractivity contribution in [3.05, 3.63) is 82.4 Å². The highest BCUT2D eigenvalue weighted by Gasteiger charge is 2.37. The number of nitrogens with one attached hydrogen (secondary N) is 1. The van der Waals surface area contributed by atoms with E-state index in [1.54, 1.807) is 18.2 Å². The summed E-state index contributed by atoms with van der Waals surface area (Å²) in [6.45, 7) is -0.559. The van der Waals surface area contributed by atoms with Gasteiger partial charge in [-0.25, -0.2) is 17.9 Å². The molecule has 0 saturated heterocycles. The first-order valence-corrected chi connectivity index (χ1v) is 12.9. The van der Waals surface area contributed by atoms with Gasteiger partial charge in [0.1, 0.15) is 17.2 Å². The summed E-state index contributed by atoms with van der Waals surface area (Å²) in [7, 11) is -4.38. The Kier molecular flexibility index (Phi) is 7.67.